The fourth-order valence-electron chi connectivity index (χ4n) is 1.91. The van der Waals surface area contributed by atoms with E-state index in [2.05, 4.69) is 4.98 Å². The molecule has 1 fully saturated rings. The molecule has 0 amide bonds. The Balaban J connectivity index is 1.96. The highest BCUT2D eigenvalue weighted by atomic mass is 32.2. The van der Waals surface area contributed by atoms with Crippen LogP contribution in [0.5, 0.6) is 0 Å². The number of imidazole rings is 1. The van der Waals surface area contributed by atoms with Crippen LogP contribution in [0, 0.1) is 0 Å². The van der Waals surface area contributed by atoms with Gasteiger partial charge in [0.05, 0.1) is 12.1 Å². The second-order valence-electron chi connectivity index (χ2n) is 4.22. The number of carbonyl (C=O) groups is 1. The van der Waals surface area contributed by atoms with E-state index in [1.54, 1.807) is 4.57 Å². The van der Waals surface area contributed by atoms with Gasteiger partial charge in [0, 0.05) is 25.8 Å². The van der Waals surface area contributed by atoms with Gasteiger partial charge < -0.3 is 9.67 Å². The van der Waals surface area contributed by atoms with Crippen molar-refractivity contribution in [3.05, 3.63) is 18.2 Å². The first kappa shape index (κ1) is 13.0. The molecule has 0 bridgehead atoms. The minimum absolute atomic E-state index is 0.0310. The molecule has 0 saturated carbocycles. The van der Waals surface area contributed by atoms with Crippen molar-refractivity contribution < 1.29 is 18.3 Å². The maximum Gasteiger partial charge on any atom is 0.356 e. The van der Waals surface area contributed by atoms with Crippen LogP contribution in [-0.4, -0.2) is 52.2 Å². The molecule has 1 N–H and O–H groups in total. The average molecular weight is 273 g/mol. The van der Waals surface area contributed by atoms with E-state index in [9.17, 15) is 13.2 Å². The first-order valence-electron chi connectivity index (χ1n) is 5.72. The number of sulfonamides is 1. The standard InChI is InChI=1S/C10H15N3O4S/c14-10(15)9-7-12(8-11-9)4-5-13-3-1-2-6-18(13,16)17/h7-8H,1-6H2,(H,14,15). The predicted molar refractivity (Wildman–Crippen MR) is 63.8 cm³/mol. The first-order chi connectivity index (χ1) is 8.49. The van der Waals surface area contributed by atoms with E-state index in [1.165, 1.54) is 16.8 Å². The number of carboxylic acid groups (broad SMARTS) is 1. The molecule has 18 heavy (non-hydrogen) atoms. The molecule has 1 aromatic heterocycles. The van der Waals surface area contributed by atoms with Crippen molar-refractivity contribution in [1.82, 2.24) is 13.9 Å². The van der Waals surface area contributed by atoms with Gasteiger partial charge in [-0.15, -0.1) is 0 Å². The summed E-state index contributed by atoms with van der Waals surface area (Å²) in [5.41, 5.74) is -0.0310. The van der Waals surface area contributed by atoms with Gasteiger partial charge in [0.1, 0.15) is 0 Å². The van der Waals surface area contributed by atoms with E-state index < -0.39 is 16.0 Å². The van der Waals surface area contributed by atoms with Crippen LogP contribution < -0.4 is 0 Å². The number of aromatic carboxylic acids is 1. The fraction of sp³-hybridized carbons (Fsp3) is 0.600. The van der Waals surface area contributed by atoms with E-state index in [-0.39, 0.29) is 11.4 Å². The third kappa shape index (κ3) is 2.88. The smallest absolute Gasteiger partial charge is 0.356 e. The Hall–Kier alpha value is -1.41. The van der Waals surface area contributed by atoms with Crippen LogP contribution in [0.25, 0.3) is 0 Å². The monoisotopic (exact) mass is 273 g/mol. The number of aromatic nitrogens is 2. The van der Waals surface area contributed by atoms with Crippen molar-refractivity contribution >= 4 is 16.0 Å². The van der Waals surface area contributed by atoms with Gasteiger partial charge in [-0.3, -0.25) is 0 Å². The van der Waals surface area contributed by atoms with Crippen molar-refractivity contribution in [3.8, 4) is 0 Å². The molecule has 0 aliphatic carbocycles. The van der Waals surface area contributed by atoms with Gasteiger partial charge in [-0.1, -0.05) is 0 Å². The molecule has 0 atom stereocenters. The van der Waals surface area contributed by atoms with E-state index >= 15 is 0 Å². The Morgan fingerprint density at radius 3 is 2.78 bits per heavy atom. The number of carboxylic acids is 1. The van der Waals surface area contributed by atoms with Gasteiger partial charge in [0.2, 0.25) is 10.0 Å². The van der Waals surface area contributed by atoms with Gasteiger partial charge in [-0.05, 0) is 12.8 Å². The Bertz CT molecular complexity index is 537. The summed E-state index contributed by atoms with van der Waals surface area (Å²) in [6.07, 6.45) is 4.40. The average Bonchev–Trinajstić information content (AvgIpc) is 2.76. The second kappa shape index (κ2) is 5.07. The highest BCUT2D eigenvalue weighted by molar-refractivity contribution is 7.89. The largest absolute Gasteiger partial charge is 0.476 e. The fourth-order valence-corrected chi connectivity index (χ4v) is 3.51. The molecular formula is C10H15N3O4S. The normalized spacial score (nSPS) is 19.8. The zero-order chi connectivity index (χ0) is 13.2. The van der Waals surface area contributed by atoms with Crippen molar-refractivity contribution in [2.45, 2.75) is 19.4 Å². The quantitative estimate of drug-likeness (QED) is 0.834. The summed E-state index contributed by atoms with van der Waals surface area (Å²) in [4.78, 5) is 14.4. The predicted octanol–water partition coefficient (Wildman–Crippen LogP) is 0.00690. The first-order valence-corrected chi connectivity index (χ1v) is 7.33. The molecule has 0 aromatic carbocycles. The summed E-state index contributed by atoms with van der Waals surface area (Å²) in [5.74, 6) is -0.878. The van der Waals surface area contributed by atoms with Crippen molar-refractivity contribution in [2.24, 2.45) is 0 Å². The SMILES string of the molecule is O=C(O)c1cn(CCN2CCCCS2(=O)=O)cn1. The molecule has 1 aliphatic heterocycles. The highest BCUT2D eigenvalue weighted by Crippen LogP contribution is 2.13. The topological polar surface area (TPSA) is 92.5 Å². The highest BCUT2D eigenvalue weighted by Gasteiger charge is 2.25. The van der Waals surface area contributed by atoms with E-state index in [1.807, 2.05) is 0 Å². The number of hydrogen-bond donors (Lipinski definition) is 1. The lowest BCUT2D eigenvalue weighted by Gasteiger charge is -2.26. The maximum absolute atomic E-state index is 11.7. The third-order valence-corrected chi connectivity index (χ3v) is 4.87. The van der Waals surface area contributed by atoms with Crippen molar-refractivity contribution in [1.29, 1.82) is 0 Å². The van der Waals surface area contributed by atoms with Crippen LogP contribution in [0.2, 0.25) is 0 Å². The summed E-state index contributed by atoms with van der Waals surface area (Å²) in [7, 11) is -3.12. The molecule has 1 saturated heterocycles. The van der Waals surface area contributed by atoms with Gasteiger partial charge >= 0.3 is 5.97 Å². The minimum Gasteiger partial charge on any atom is -0.476 e. The van der Waals surface area contributed by atoms with Gasteiger partial charge in [0.15, 0.2) is 5.69 Å². The number of rotatable bonds is 4. The van der Waals surface area contributed by atoms with Gasteiger partial charge in [-0.2, -0.15) is 0 Å². The van der Waals surface area contributed by atoms with Crippen molar-refractivity contribution in [2.75, 3.05) is 18.8 Å². The van der Waals surface area contributed by atoms with E-state index in [4.69, 9.17) is 5.11 Å². The molecule has 0 unspecified atom stereocenters. The zero-order valence-electron chi connectivity index (χ0n) is 9.82. The summed E-state index contributed by atoms with van der Waals surface area (Å²) in [6, 6.07) is 0. The molecule has 100 valence electrons. The van der Waals surface area contributed by atoms with Crippen LogP contribution in [-0.2, 0) is 16.6 Å². The Kier molecular flexibility index (Phi) is 3.67. The number of nitrogens with zero attached hydrogens (tertiary/aromatic N) is 3. The van der Waals surface area contributed by atoms with Crippen LogP contribution >= 0.6 is 0 Å². The summed E-state index contributed by atoms with van der Waals surface area (Å²) in [6.45, 7) is 1.32. The molecule has 7 nitrogen and oxygen atoms in total. The Morgan fingerprint density at radius 2 is 2.17 bits per heavy atom. The molecule has 8 heteroatoms. The van der Waals surface area contributed by atoms with Gasteiger partial charge in [0.25, 0.3) is 0 Å². The van der Waals surface area contributed by atoms with Gasteiger partial charge in [-0.25, -0.2) is 22.5 Å². The second-order valence-corrected chi connectivity index (χ2v) is 6.31. The number of hydrogen-bond acceptors (Lipinski definition) is 4. The van der Waals surface area contributed by atoms with E-state index in [0.29, 0.717) is 26.1 Å². The minimum atomic E-state index is -3.12. The summed E-state index contributed by atoms with van der Waals surface area (Å²) < 4.78 is 26.5. The zero-order valence-corrected chi connectivity index (χ0v) is 10.6. The lowest BCUT2D eigenvalue weighted by atomic mass is 10.3. The molecule has 0 spiro atoms. The van der Waals surface area contributed by atoms with Crippen LogP contribution in [0.3, 0.4) is 0 Å². The Morgan fingerprint density at radius 1 is 1.39 bits per heavy atom. The van der Waals surface area contributed by atoms with Crippen LogP contribution in [0.15, 0.2) is 12.5 Å². The maximum atomic E-state index is 11.7. The lowest BCUT2D eigenvalue weighted by molar-refractivity contribution is 0.0691. The molecule has 1 aromatic rings. The van der Waals surface area contributed by atoms with Crippen molar-refractivity contribution in [3.63, 3.8) is 0 Å². The third-order valence-electron chi connectivity index (χ3n) is 2.91. The molecule has 2 heterocycles. The Labute approximate surface area is 105 Å². The summed E-state index contributed by atoms with van der Waals surface area (Å²) >= 11 is 0. The summed E-state index contributed by atoms with van der Waals surface area (Å²) in [5, 5.41) is 8.72. The molecule has 1 aliphatic rings. The molecular weight excluding hydrogens is 258 g/mol. The van der Waals surface area contributed by atoms with Crippen LogP contribution in [0.4, 0.5) is 0 Å². The lowest BCUT2D eigenvalue weighted by Crippen LogP contribution is -2.39. The molecule has 0 radical (unpaired) electrons. The van der Waals surface area contributed by atoms with E-state index in [0.717, 1.165) is 6.42 Å². The molecule has 2 rings (SSSR count). The van der Waals surface area contributed by atoms with Crippen LogP contribution in [0.1, 0.15) is 23.3 Å².